The van der Waals surface area contributed by atoms with Crippen LogP contribution in [-0.2, 0) is 10.3 Å². The minimum absolute atomic E-state index is 0.335. The Morgan fingerprint density at radius 1 is 1.40 bits per heavy atom. The monoisotopic (exact) mass is 222 g/mol. The Balaban J connectivity index is 2.56. The first-order valence-electron chi connectivity index (χ1n) is 4.74. The third-order valence-electron chi connectivity index (χ3n) is 2.44. The molecule has 0 saturated carbocycles. The minimum atomic E-state index is -0.335. The third kappa shape index (κ3) is 1.82. The van der Waals surface area contributed by atoms with Gasteiger partial charge in [-0.1, -0.05) is 0 Å². The van der Waals surface area contributed by atoms with E-state index in [0.29, 0.717) is 0 Å². The molecule has 2 N–H and O–H groups in total. The number of hydrogen-bond acceptors (Lipinski definition) is 4. The predicted octanol–water partition coefficient (Wildman–Crippen LogP) is 2.76. The summed E-state index contributed by atoms with van der Waals surface area (Å²) in [6.45, 7) is 4.02. The topological polar surface area (TPSA) is 48.1 Å². The van der Waals surface area contributed by atoms with Gasteiger partial charge in [0.2, 0.25) is 0 Å². The highest BCUT2D eigenvalue weighted by Crippen LogP contribution is 2.32. The lowest BCUT2D eigenvalue weighted by Crippen LogP contribution is -2.18. The maximum Gasteiger partial charge on any atom is 0.125 e. The Morgan fingerprint density at radius 2 is 2.13 bits per heavy atom. The van der Waals surface area contributed by atoms with E-state index in [1.807, 2.05) is 32.0 Å². The zero-order chi connectivity index (χ0) is 11.1. The zero-order valence-electron chi connectivity index (χ0n) is 9.07. The molecule has 0 atom stereocenters. The molecule has 3 nitrogen and oxygen atoms in total. The summed E-state index contributed by atoms with van der Waals surface area (Å²) in [5.74, 6) is 0. The third-order valence-corrected chi connectivity index (χ3v) is 3.76. The highest BCUT2D eigenvalue weighted by molar-refractivity contribution is 7.18. The number of fused-ring (bicyclic) bond motifs is 1. The lowest BCUT2D eigenvalue weighted by atomic mass is 10.1. The van der Waals surface area contributed by atoms with E-state index in [0.717, 1.165) is 20.9 Å². The first-order chi connectivity index (χ1) is 7.03. The molecule has 0 unspecified atom stereocenters. The van der Waals surface area contributed by atoms with Gasteiger partial charge in [-0.2, -0.15) is 0 Å². The van der Waals surface area contributed by atoms with Gasteiger partial charge in [0.25, 0.3) is 0 Å². The van der Waals surface area contributed by atoms with Gasteiger partial charge in [-0.25, -0.2) is 4.98 Å². The fraction of sp³-hybridized carbons (Fsp3) is 0.364. The second-order valence-corrected chi connectivity index (χ2v) is 4.99. The van der Waals surface area contributed by atoms with Gasteiger partial charge in [-0.05, 0) is 32.0 Å². The lowest BCUT2D eigenvalue weighted by molar-refractivity contribution is 0.0192. The van der Waals surface area contributed by atoms with E-state index in [4.69, 9.17) is 10.5 Å². The number of methoxy groups -OCH3 is 1. The van der Waals surface area contributed by atoms with Gasteiger partial charge in [-0.15, -0.1) is 11.3 Å². The Kier molecular flexibility index (Phi) is 2.40. The molecular formula is C11H14N2OS. The first kappa shape index (κ1) is 10.4. The molecule has 2 rings (SSSR count). The quantitative estimate of drug-likeness (QED) is 0.795. The fourth-order valence-electron chi connectivity index (χ4n) is 1.29. The van der Waals surface area contributed by atoms with E-state index in [1.54, 1.807) is 18.4 Å². The van der Waals surface area contributed by atoms with Gasteiger partial charge in [-0.3, -0.25) is 0 Å². The normalized spacial score (nSPS) is 12.2. The van der Waals surface area contributed by atoms with Gasteiger partial charge in [0, 0.05) is 12.8 Å². The molecule has 0 fully saturated rings. The van der Waals surface area contributed by atoms with Crippen LogP contribution in [0.2, 0.25) is 0 Å². The number of benzene rings is 1. The van der Waals surface area contributed by atoms with Gasteiger partial charge in [0.15, 0.2) is 0 Å². The maximum absolute atomic E-state index is 5.72. The highest BCUT2D eigenvalue weighted by atomic mass is 32.1. The lowest BCUT2D eigenvalue weighted by Gasteiger charge is -2.19. The number of nitrogens with two attached hydrogens (primary N) is 1. The van der Waals surface area contributed by atoms with Crippen LogP contribution in [0.4, 0.5) is 5.69 Å². The number of hydrogen-bond donors (Lipinski definition) is 1. The minimum Gasteiger partial charge on any atom is -0.399 e. The Morgan fingerprint density at radius 3 is 2.80 bits per heavy atom. The molecule has 0 aliphatic carbocycles. The fourth-order valence-corrected chi connectivity index (χ4v) is 2.38. The van der Waals surface area contributed by atoms with Crippen LogP contribution in [-0.4, -0.2) is 12.1 Å². The average molecular weight is 222 g/mol. The summed E-state index contributed by atoms with van der Waals surface area (Å²) in [7, 11) is 1.69. The summed E-state index contributed by atoms with van der Waals surface area (Å²) in [5.41, 5.74) is 7.14. The average Bonchev–Trinajstić information content (AvgIpc) is 2.61. The Labute approximate surface area is 92.9 Å². The number of nitrogens with zero attached hydrogens (tertiary/aromatic N) is 1. The van der Waals surface area contributed by atoms with Crippen molar-refractivity contribution in [1.82, 2.24) is 4.98 Å². The molecule has 1 aromatic carbocycles. The molecule has 0 aliphatic heterocycles. The molecule has 0 bridgehead atoms. The predicted molar refractivity (Wildman–Crippen MR) is 64.1 cm³/mol. The molecule has 0 aliphatic rings. The van der Waals surface area contributed by atoms with Crippen LogP contribution in [0.3, 0.4) is 0 Å². The van der Waals surface area contributed by atoms with Crippen LogP contribution >= 0.6 is 11.3 Å². The molecule has 1 heterocycles. The number of ether oxygens (including phenoxy) is 1. The molecule has 2 aromatic rings. The van der Waals surface area contributed by atoms with Gasteiger partial charge in [0.1, 0.15) is 10.6 Å². The van der Waals surface area contributed by atoms with E-state index in [1.165, 1.54) is 0 Å². The van der Waals surface area contributed by atoms with E-state index in [-0.39, 0.29) is 5.60 Å². The van der Waals surface area contributed by atoms with Crippen molar-refractivity contribution >= 4 is 27.2 Å². The van der Waals surface area contributed by atoms with Crippen molar-refractivity contribution in [3.8, 4) is 0 Å². The maximum atomic E-state index is 5.72. The smallest absolute Gasteiger partial charge is 0.125 e. The molecule has 15 heavy (non-hydrogen) atoms. The van der Waals surface area contributed by atoms with E-state index >= 15 is 0 Å². The SMILES string of the molecule is COC(C)(C)c1nc2ccc(N)cc2s1. The van der Waals surface area contributed by atoms with Crippen molar-refractivity contribution in [3.63, 3.8) is 0 Å². The summed E-state index contributed by atoms with van der Waals surface area (Å²) in [6.07, 6.45) is 0. The molecule has 0 spiro atoms. The summed E-state index contributed by atoms with van der Waals surface area (Å²) in [6, 6.07) is 5.75. The molecule has 1 aromatic heterocycles. The second-order valence-electron chi connectivity index (χ2n) is 3.96. The van der Waals surface area contributed by atoms with Crippen molar-refractivity contribution in [2.24, 2.45) is 0 Å². The number of anilines is 1. The van der Waals surface area contributed by atoms with Crippen LogP contribution in [0.1, 0.15) is 18.9 Å². The number of thiazole rings is 1. The highest BCUT2D eigenvalue weighted by Gasteiger charge is 2.23. The van der Waals surface area contributed by atoms with Gasteiger partial charge < -0.3 is 10.5 Å². The number of rotatable bonds is 2. The largest absolute Gasteiger partial charge is 0.399 e. The van der Waals surface area contributed by atoms with Gasteiger partial charge >= 0.3 is 0 Å². The van der Waals surface area contributed by atoms with Crippen LogP contribution in [0.5, 0.6) is 0 Å². The van der Waals surface area contributed by atoms with Crippen molar-refractivity contribution in [2.45, 2.75) is 19.4 Å². The molecular weight excluding hydrogens is 208 g/mol. The van der Waals surface area contributed by atoms with Crippen LogP contribution in [0.15, 0.2) is 18.2 Å². The molecule has 0 radical (unpaired) electrons. The van der Waals surface area contributed by atoms with Crippen LogP contribution in [0, 0.1) is 0 Å². The van der Waals surface area contributed by atoms with Crippen molar-refractivity contribution in [2.75, 3.05) is 12.8 Å². The summed E-state index contributed by atoms with van der Waals surface area (Å²) in [5, 5.41) is 0.977. The molecule has 0 amide bonds. The van der Waals surface area contributed by atoms with E-state index < -0.39 is 0 Å². The molecule has 0 saturated heterocycles. The van der Waals surface area contributed by atoms with Crippen molar-refractivity contribution < 1.29 is 4.74 Å². The van der Waals surface area contributed by atoms with Crippen LogP contribution < -0.4 is 5.73 Å². The zero-order valence-corrected chi connectivity index (χ0v) is 9.89. The summed E-state index contributed by atoms with van der Waals surface area (Å²) < 4.78 is 6.51. The van der Waals surface area contributed by atoms with Crippen LogP contribution in [0.25, 0.3) is 10.2 Å². The number of aromatic nitrogens is 1. The van der Waals surface area contributed by atoms with Crippen molar-refractivity contribution in [1.29, 1.82) is 0 Å². The number of nitrogen functional groups attached to an aromatic ring is 1. The summed E-state index contributed by atoms with van der Waals surface area (Å²) in [4.78, 5) is 4.53. The Hall–Kier alpha value is -1.13. The summed E-state index contributed by atoms with van der Waals surface area (Å²) >= 11 is 1.63. The Bertz CT molecular complexity index is 490. The van der Waals surface area contributed by atoms with E-state index in [2.05, 4.69) is 4.98 Å². The van der Waals surface area contributed by atoms with Gasteiger partial charge in [0.05, 0.1) is 10.2 Å². The standard InChI is InChI=1S/C11H14N2OS/c1-11(2,14-3)10-13-8-5-4-7(12)6-9(8)15-10/h4-6H,12H2,1-3H3. The first-order valence-corrected chi connectivity index (χ1v) is 5.56. The van der Waals surface area contributed by atoms with Crippen molar-refractivity contribution in [3.05, 3.63) is 23.2 Å². The molecule has 80 valence electrons. The second kappa shape index (κ2) is 3.47. The molecule has 4 heteroatoms. The van der Waals surface area contributed by atoms with E-state index in [9.17, 15) is 0 Å².